The van der Waals surface area contributed by atoms with E-state index in [1.165, 1.54) is 0 Å². The lowest BCUT2D eigenvalue weighted by Gasteiger charge is -2.37. The van der Waals surface area contributed by atoms with Crippen LogP contribution in [0.3, 0.4) is 0 Å². The Bertz CT molecular complexity index is 1270. The number of nitrogens with zero attached hydrogens (tertiary/aromatic N) is 1. The Balaban J connectivity index is 2.05. The molecular formula is C32H39NO6. The maximum absolute atomic E-state index is 13.6. The minimum absolute atomic E-state index is 0.122. The van der Waals surface area contributed by atoms with Gasteiger partial charge in [0.25, 0.3) is 0 Å². The molecule has 0 heterocycles. The van der Waals surface area contributed by atoms with Gasteiger partial charge in [0.2, 0.25) is 0 Å². The second-order valence-electron chi connectivity index (χ2n) is 12.7. The zero-order valence-corrected chi connectivity index (χ0v) is 24.2. The third-order valence-corrected chi connectivity index (χ3v) is 7.67. The fourth-order valence-electron chi connectivity index (χ4n) is 5.27. The SMILES string of the molecule is COc1ccc(C2CCC(C)(C#N)C(=O)C2CC(=O)Oc2c(C(C)(C)C)cc(C(=O)O)cc2C(C)(C)C)cc1. The maximum Gasteiger partial charge on any atom is 0.335 e. The highest BCUT2D eigenvalue weighted by molar-refractivity contribution is 5.94. The van der Waals surface area contributed by atoms with Gasteiger partial charge in [0, 0.05) is 17.0 Å². The van der Waals surface area contributed by atoms with E-state index in [1.54, 1.807) is 26.2 Å². The molecule has 7 heteroatoms. The van der Waals surface area contributed by atoms with E-state index >= 15 is 0 Å². The Labute approximate surface area is 231 Å². The van der Waals surface area contributed by atoms with E-state index in [0.717, 1.165) is 5.56 Å². The smallest absolute Gasteiger partial charge is 0.335 e. The monoisotopic (exact) mass is 533 g/mol. The Morgan fingerprint density at radius 3 is 2.03 bits per heavy atom. The lowest BCUT2D eigenvalue weighted by molar-refractivity contribution is -0.142. The van der Waals surface area contributed by atoms with Crippen molar-refractivity contribution in [3.8, 4) is 17.6 Å². The van der Waals surface area contributed by atoms with Crippen molar-refractivity contribution in [2.45, 2.75) is 84.5 Å². The lowest BCUT2D eigenvalue weighted by atomic mass is 9.63. The number of ether oxygens (including phenoxy) is 2. The Kier molecular flexibility index (Phi) is 8.31. The number of esters is 1. The molecule has 1 aliphatic carbocycles. The third kappa shape index (κ3) is 6.33. The minimum Gasteiger partial charge on any atom is -0.497 e. The van der Waals surface area contributed by atoms with Crippen LogP contribution in [-0.4, -0.2) is 29.9 Å². The van der Waals surface area contributed by atoms with Crippen LogP contribution in [0.2, 0.25) is 0 Å². The van der Waals surface area contributed by atoms with Gasteiger partial charge in [-0.2, -0.15) is 5.26 Å². The molecule has 0 aromatic heterocycles. The van der Waals surface area contributed by atoms with Crippen LogP contribution in [0.4, 0.5) is 0 Å². The quantitative estimate of drug-likeness (QED) is 0.330. The van der Waals surface area contributed by atoms with Crippen LogP contribution in [0.5, 0.6) is 11.5 Å². The minimum atomic E-state index is -1.18. The zero-order valence-electron chi connectivity index (χ0n) is 24.2. The van der Waals surface area contributed by atoms with Gasteiger partial charge < -0.3 is 14.6 Å². The summed E-state index contributed by atoms with van der Waals surface area (Å²) in [7, 11) is 1.58. The van der Waals surface area contributed by atoms with E-state index in [-0.39, 0.29) is 23.7 Å². The molecule has 1 aliphatic rings. The molecule has 3 atom stereocenters. The summed E-state index contributed by atoms with van der Waals surface area (Å²) in [4.78, 5) is 39.1. The van der Waals surface area contributed by atoms with E-state index in [4.69, 9.17) is 9.47 Å². The van der Waals surface area contributed by atoms with Gasteiger partial charge in [0.1, 0.15) is 16.9 Å². The van der Waals surface area contributed by atoms with Crippen LogP contribution in [0.25, 0.3) is 0 Å². The summed E-state index contributed by atoms with van der Waals surface area (Å²) in [6.45, 7) is 13.2. The molecule has 3 unspecified atom stereocenters. The van der Waals surface area contributed by atoms with Gasteiger partial charge in [-0.25, -0.2) is 4.79 Å². The van der Waals surface area contributed by atoms with Crippen molar-refractivity contribution in [1.82, 2.24) is 0 Å². The average Bonchev–Trinajstić information content (AvgIpc) is 2.85. The summed E-state index contributed by atoms with van der Waals surface area (Å²) < 4.78 is 11.3. The second-order valence-corrected chi connectivity index (χ2v) is 12.7. The van der Waals surface area contributed by atoms with Crippen LogP contribution in [0.15, 0.2) is 36.4 Å². The van der Waals surface area contributed by atoms with Crippen molar-refractivity contribution < 1.29 is 29.0 Å². The van der Waals surface area contributed by atoms with Crippen molar-refractivity contribution in [2.75, 3.05) is 7.11 Å². The number of ketones is 1. The molecule has 0 spiro atoms. The Morgan fingerprint density at radius 2 is 1.59 bits per heavy atom. The first-order valence-electron chi connectivity index (χ1n) is 13.2. The number of hydrogen-bond donors (Lipinski definition) is 1. The van der Waals surface area contributed by atoms with Crippen LogP contribution in [-0.2, 0) is 20.4 Å². The number of rotatable bonds is 6. The molecule has 39 heavy (non-hydrogen) atoms. The van der Waals surface area contributed by atoms with Gasteiger partial charge in [-0.3, -0.25) is 9.59 Å². The van der Waals surface area contributed by atoms with Gasteiger partial charge in [0.15, 0.2) is 5.78 Å². The first kappa shape index (κ1) is 29.9. The molecule has 2 aromatic carbocycles. The highest BCUT2D eigenvalue weighted by atomic mass is 16.5. The van der Waals surface area contributed by atoms with Crippen molar-refractivity contribution in [3.63, 3.8) is 0 Å². The van der Waals surface area contributed by atoms with Crippen LogP contribution >= 0.6 is 0 Å². The largest absolute Gasteiger partial charge is 0.497 e. The number of hydrogen-bond acceptors (Lipinski definition) is 6. The number of benzene rings is 2. The average molecular weight is 534 g/mol. The van der Waals surface area contributed by atoms with Crippen molar-refractivity contribution >= 4 is 17.7 Å². The highest BCUT2D eigenvalue weighted by Gasteiger charge is 2.47. The molecule has 208 valence electrons. The molecular weight excluding hydrogens is 494 g/mol. The first-order chi connectivity index (χ1) is 18.0. The molecule has 2 aromatic rings. The number of methoxy groups -OCH3 is 1. The van der Waals surface area contributed by atoms with Crippen molar-refractivity contribution in [3.05, 3.63) is 58.7 Å². The van der Waals surface area contributed by atoms with Crippen LogP contribution in [0, 0.1) is 22.7 Å². The Hall–Kier alpha value is -3.66. The summed E-state index contributed by atoms with van der Waals surface area (Å²) in [5.74, 6) is -1.88. The number of nitriles is 1. The van der Waals surface area contributed by atoms with E-state index < -0.39 is 34.1 Å². The molecule has 0 amide bonds. The van der Waals surface area contributed by atoms with E-state index in [1.807, 2.05) is 65.8 Å². The summed E-state index contributed by atoms with van der Waals surface area (Å²) in [5, 5.41) is 19.6. The normalized spacial score (nSPS) is 21.7. The molecule has 0 bridgehead atoms. The van der Waals surface area contributed by atoms with E-state index in [2.05, 4.69) is 6.07 Å². The number of Topliss-reactive ketones (excluding diaryl/α,β-unsaturated/α-hetero) is 1. The van der Waals surface area contributed by atoms with Gasteiger partial charge in [-0.05, 0) is 66.3 Å². The summed E-state index contributed by atoms with van der Waals surface area (Å²) >= 11 is 0. The summed E-state index contributed by atoms with van der Waals surface area (Å²) in [5.41, 5.74) is 0.00680. The molecule has 1 N–H and O–H groups in total. The second kappa shape index (κ2) is 10.8. The number of aromatic carboxylic acids is 1. The van der Waals surface area contributed by atoms with Crippen LogP contribution in [0.1, 0.15) is 101 Å². The standard InChI is InChI=1S/C32H39NO6/c1-30(2,3)24-15-20(29(36)37)16-25(31(4,5)6)27(24)39-26(34)17-23-22(13-14-32(7,18-33)28(23)35)19-9-11-21(38-8)12-10-19/h9-12,15-16,22-23H,13-14,17H2,1-8H3,(H,36,37). The predicted molar refractivity (Wildman–Crippen MR) is 148 cm³/mol. The summed E-state index contributed by atoms with van der Waals surface area (Å²) in [6.07, 6.45) is 0.790. The van der Waals surface area contributed by atoms with Crippen molar-refractivity contribution in [2.24, 2.45) is 11.3 Å². The number of carbonyl (C=O) groups excluding carboxylic acids is 2. The van der Waals surface area contributed by atoms with E-state index in [9.17, 15) is 24.8 Å². The van der Waals surface area contributed by atoms with Crippen molar-refractivity contribution in [1.29, 1.82) is 5.26 Å². The topological polar surface area (TPSA) is 114 Å². The lowest BCUT2D eigenvalue weighted by Crippen LogP contribution is -2.42. The fraction of sp³-hybridized carbons (Fsp3) is 0.500. The molecule has 0 aliphatic heterocycles. The number of carboxylic acid groups (broad SMARTS) is 1. The first-order valence-corrected chi connectivity index (χ1v) is 13.2. The maximum atomic E-state index is 13.6. The van der Waals surface area contributed by atoms with Gasteiger partial charge in [-0.15, -0.1) is 0 Å². The molecule has 1 fully saturated rings. The van der Waals surface area contributed by atoms with Gasteiger partial charge in [-0.1, -0.05) is 53.7 Å². The zero-order chi connectivity index (χ0) is 29.3. The molecule has 3 rings (SSSR count). The van der Waals surface area contributed by atoms with Gasteiger partial charge in [0.05, 0.1) is 25.2 Å². The molecule has 0 radical (unpaired) electrons. The predicted octanol–water partition coefficient (Wildman–Crippen LogP) is 6.58. The van der Waals surface area contributed by atoms with E-state index in [0.29, 0.717) is 35.5 Å². The number of carboxylic acids is 1. The number of carbonyl (C=O) groups is 3. The third-order valence-electron chi connectivity index (χ3n) is 7.67. The summed E-state index contributed by atoms with van der Waals surface area (Å²) in [6, 6.07) is 12.7. The Morgan fingerprint density at radius 1 is 1.05 bits per heavy atom. The highest BCUT2D eigenvalue weighted by Crippen LogP contribution is 2.46. The molecule has 1 saturated carbocycles. The van der Waals surface area contributed by atoms with Gasteiger partial charge >= 0.3 is 11.9 Å². The fourth-order valence-corrected chi connectivity index (χ4v) is 5.27. The molecule has 7 nitrogen and oxygen atoms in total. The van der Waals surface area contributed by atoms with Crippen LogP contribution < -0.4 is 9.47 Å². The molecule has 0 saturated heterocycles.